The monoisotopic (exact) mass is 328 g/mol. The largest absolute Gasteiger partial charge is 0.489 e. The third-order valence-corrected chi connectivity index (χ3v) is 3.85. The summed E-state index contributed by atoms with van der Waals surface area (Å²) >= 11 is 0. The fraction of sp³-hybridized carbons (Fsp3) is 0.235. The van der Waals surface area contributed by atoms with Crippen molar-refractivity contribution in [1.82, 2.24) is 9.13 Å². The third kappa shape index (κ3) is 2.64. The van der Waals surface area contributed by atoms with Gasteiger partial charge < -0.3 is 9.47 Å². The molecule has 0 saturated carbocycles. The number of hydrogen-bond donors (Lipinski definition) is 0. The zero-order chi connectivity index (χ0) is 17.3. The number of esters is 1. The maximum absolute atomic E-state index is 12.5. The number of para-hydroxylation sites is 1. The first-order valence-electron chi connectivity index (χ1n) is 7.38. The van der Waals surface area contributed by atoms with Crippen LogP contribution in [-0.2, 0) is 20.5 Å². The molecule has 0 spiro atoms. The lowest BCUT2D eigenvalue weighted by molar-refractivity contribution is 0.0724. The Hall–Kier alpha value is -3.09. The van der Waals surface area contributed by atoms with Crippen LogP contribution in [0.4, 0.5) is 0 Å². The Balaban J connectivity index is 2.22. The van der Waals surface area contributed by atoms with Crippen LogP contribution in [0.15, 0.2) is 46.0 Å². The average Bonchev–Trinajstić information content (AvgIpc) is 2.62. The first-order valence-corrected chi connectivity index (χ1v) is 7.38. The molecule has 1 aromatic carbocycles. The number of carbonyl (C=O) groups excluding carboxylic acids is 1. The molecule has 0 fully saturated rings. The van der Waals surface area contributed by atoms with Gasteiger partial charge in [-0.1, -0.05) is 24.3 Å². The Kier molecular flexibility index (Phi) is 4.07. The second-order valence-electron chi connectivity index (χ2n) is 5.35. The summed E-state index contributed by atoms with van der Waals surface area (Å²) < 4.78 is 13.1. The van der Waals surface area contributed by atoms with Gasteiger partial charge in [0.05, 0.1) is 5.69 Å². The molecular weight excluding hydrogens is 312 g/mol. The van der Waals surface area contributed by atoms with Crippen molar-refractivity contribution in [3.8, 4) is 11.5 Å². The Labute approximate surface area is 137 Å². The minimum absolute atomic E-state index is 0.147. The molecule has 2 aromatic rings. The number of ether oxygens (including phenoxy) is 2. The molecule has 0 amide bonds. The van der Waals surface area contributed by atoms with E-state index in [9.17, 15) is 14.4 Å². The van der Waals surface area contributed by atoms with E-state index < -0.39 is 17.2 Å². The molecule has 24 heavy (non-hydrogen) atoms. The summed E-state index contributed by atoms with van der Waals surface area (Å²) in [5.41, 5.74) is -0.566. The number of aromatic nitrogens is 2. The van der Waals surface area contributed by atoms with Crippen molar-refractivity contribution in [3.05, 3.63) is 68.5 Å². The van der Waals surface area contributed by atoms with Gasteiger partial charge in [0.25, 0.3) is 5.56 Å². The molecule has 0 aliphatic carbocycles. The minimum atomic E-state index is -0.704. The van der Waals surface area contributed by atoms with E-state index in [4.69, 9.17) is 9.47 Å². The number of fused-ring (bicyclic) bond motifs is 2. The molecule has 7 heteroatoms. The summed E-state index contributed by atoms with van der Waals surface area (Å²) in [6.07, 6.45) is 3.79. The number of benzene rings is 1. The lowest BCUT2D eigenvalue weighted by Gasteiger charge is -2.14. The molecule has 1 aromatic heterocycles. The number of nitrogens with zero attached hydrogens (tertiary/aromatic N) is 2. The van der Waals surface area contributed by atoms with E-state index in [0.717, 1.165) is 4.57 Å². The molecular formula is C17H16N2O5. The number of hydrogen-bond acceptors (Lipinski definition) is 5. The highest BCUT2D eigenvalue weighted by Gasteiger charge is 2.22. The quantitative estimate of drug-likeness (QED) is 0.528. The van der Waals surface area contributed by atoms with Crippen LogP contribution in [0.1, 0.15) is 16.1 Å². The molecule has 1 aliphatic rings. The van der Waals surface area contributed by atoms with Gasteiger partial charge in [-0.05, 0) is 12.1 Å². The lowest BCUT2D eigenvalue weighted by Crippen LogP contribution is -2.40. The van der Waals surface area contributed by atoms with Gasteiger partial charge in [-0.25, -0.2) is 9.59 Å². The molecule has 0 atom stereocenters. The second kappa shape index (κ2) is 6.19. The van der Waals surface area contributed by atoms with Gasteiger partial charge in [0.15, 0.2) is 0 Å². The molecule has 124 valence electrons. The minimum Gasteiger partial charge on any atom is -0.489 e. The number of carbonyl (C=O) groups is 1. The zero-order valence-electron chi connectivity index (χ0n) is 13.3. The van der Waals surface area contributed by atoms with Crippen molar-refractivity contribution < 1.29 is 14.3 Å². The Morgan fingerprint density at radius 1 is 1.00 bits per heavy atom. The fourth-order valence-electron chi connectivity index (χ4n) is 2.50. The SMILES string of the molecule is Cn1c2c(c(=O)n(C)c1=O)OC(=O)c1ccccc1OC/C=C\C2. The van der Waals surface area contributed by atoms with Crippen molar-refractivity contribution in [2.75, 3.05) is 6.61 Å². The van der Waals surface area contributed by atoms with Crippen LogP contribution >= 0.6 is 0 Å². The molecule has 3 rings (SSSR count). The first kappa shape index (κ1) is 15.8. The number of rotatable bonds is 0. The maximum atomic E-state index is 12.5. The van der Waals surface area contributed by atoms with Crippen molar-refractivity contribution in [2.24, 2.45) is 14.1 Å². The molecule has 0 N–H and O–H groups in total. The normalized spacial score (nSPS) is 15.3. The van der Waals surface area contributed by atoms with Crippen LogP contribution in [0.5, 0.6) is 11.5 Å². The smallest absolute Gasteiger partial charge is 0.347 e. The van der Waals surface area contributed by atoms with Crippen molar-refractivity contribution in [3.63, 3.8) is 0 Å². The van der Waals surface area contributed by atoms with Crippen molar-refractivity contribution >= 4 is 5.97 Å². The molecule has 0 radical (unpaired) electrons. The van der Waals surface area contributed by atoms with Crippen LogP contribution in [0.3, 0.4) is 0 Å². The summed E-state index contributed by atoms with van der Waals surface area (Å²) in [5, 5.41) is 0. The van der Waals surface area contributed by atoms with Gasteiger partial charge in [-0.3, -0.25) is 13.9 Å². The summed E-state index contributed by atoms with van der Waals surface area (Å²) in [6.45, 7) is 0.262. The zero-order valence-corrected chi connectivity index (χ0v) is 13.3. The topological polar surface area (TPSA) is 79.5 Å². The van der Waals surface area contributed by atoms with Crippen LogP contribution < -0.4 is 20.7 Å². The lowest BCUT2D eigenvalue weighted by atomic mass is 10.2. The van der Waals surface area contributed by atoms with Crippen LogP contribution in [0, 0.1) is 0 Å². The average molecular weight is 328 g/mol. The first-order chi connectivity index (χ1) is 11.5. The van der Waals surface area contributed by atoms with E-state index in [1.165, 1.54) is 18.7 Å². The fourth-order valence-corrected chi connectivity index (χ4v) is 2.50. The van der Waals surface area contributed by atoms with E-state index >= 15 is 0 Å². The molecule has 7 nitrogen and oxygen atoms in total. The van der Waals surface area contributed by atoms with Crippen molar-refractivity contribution in [2.45, 2.75) is 6.42 Å². The predicted molar refractivity (Wildman–Crippen MR) is 86.7 cm³/mol. The molecule has 0 unspecified atom stereocenters. The standard InChI is InChI=1S/C17H16N2O5/c1-18-12-8-5-6-10-23-13-9-4-3-7-11(13)16(21)24-14(12)15(20)19(2)17(18)22/h3-7,9H,8,10H2,1-2H3/b6-5-. The highest BCUT2D eigenvalue weighted by Crippen LogP contribution is 2.22. The molecule has 1 aliphatic heterocycles. The highest BCUT2D eigenvalue weighted by molar-refractivity contribution is 5.94. The summed E-state index contributed by atoms with van der Waals surface area (Å²) in [5.74, 6) is -0.479. The molecule has 0 saturated heterocycles. The van der Waals surface area contributed by atoms with Crippen LogP contribution in [0.25, 0.3) is 0 Å². The van der Waals surface area contributed by atoms with E-state index in [-0.39, 0.29) is 24.3 Å². The Morgan fingerprint density at radius 3 is 2.54 bits per heavy atom. The van der Waals surface area contributed by atoms with Gasteiger partial charge in [-0.15, -0.1) is 0 Å². The Morgan fingerprint density at radius 2 is 1.75 bits per heavy atom. The van der Waals surface area contributed by atoms with Gasteiger partial charge >= 0.3 is 11.7 Å². The maximum Gasteiger partial charge on any atom is 0.347 e. The van der Waals surface area contributed by atoms with Crippen LogP contribution in [-0.4, -0.2) is 21.7 Å². The van der Waals surface area contributed by atoms with Gasteiger partial charge in [0.1, 0.15) is 17.9 Å². The molecule has 0 bridgehead atoms. The van der Waals surface area contributed by atoms with Gasteiger partial charge in [0.2, 0.25) is 5.75 Å². The van der Waals surface area contributed by atoms with Gasteiger partial charge in [-0.2, -0.15) is 0 Å². The van der Waals surface area contributed by atoms with Gasteiger partial charge in [0, 0.05) is 20.5 Å². The summed E-state index contributed by atoms with van der Waals surface area (Å²) in [7, 11) is 2.88. The molecule has 2 heterocycles. The Bertz CT molecular complexity index is 952. The second-order valence-corrected chi connectivity index (χ2v) is 5.35. The van der Waals surface area contributed by atoms with E-state index in [0.29, 0.717) is 11.4 Å². The third-order valence-electron chi connectivity index (χ3n) is 3.85. The van der Waals surface area contributed by atoms with E-state index in [2.05, 4.69) is 0 Å². The number of allylic oxidation sites excluding steroid dienone is 1. The van der Waals surface area contributed by atoms with E-state index in [1.54, 1.807) is 36.4 Å². The van der Waals surface area contributed by atoms with E-state index in [1.807, 2.05) is 0 Å². The summed E-state index contributed by atoms with van der Waals surface area (Å²) in [4.78, 5) is 37.0. The predicted octanol–water partition coefficient (Wildman–Crippen LogP) is 0.794. The van der Waals surface area contributed by atoms with Crippen LogP contribution in [0.2, 0.25) is 0 Å². The highest BCUT2D eigenvalue weighted by atomic mass is 16.5. The van der Waals surface area contributed by atoms with Crippen molar-refractivity contribution in [1.29, 1.82) is 0 Å². The summed E-state index contributed by atoms with van der Waals surface area (Å²) in [6, 6.07) is 6.64.